The SMILES string of the molecule is CN/C(=C\NCC(C)=O)CCC(=O)N1CCNCC1. The van der Waals surface area contributed by atoms with Crippen LogP contribution in [0.25, 0.3) is 0 Å². The van der Waals surface area contributed by atoms with Gasteiger partial charge in [0, 0.05) is 51.5 Å². The van der Waals surface area contributed by atoms with Crippen LogP contribution in [0.3, 0.4) is 0 Å². The van der Waals surface area contributed by atoms with Gasteiger partial charge in [-0.15, -0.1) is 0 Å². The van der Waals surface area contributed by atoms with Crippen molar-refractivity contribution >= 4 is 11.7 Å². The quantitative estimate of drug-likeness (QED) is 0.577. The fourth-order valence-corrected chi connectivity index (χ4v) is 1.90. The zero-order valence-corrected chi connectivity index (χ0v) is 11.8. The Balaban J connectivity index is 2.31. The molecule has 0 aromatic rings. The second kappa shape index (κ2) is 8.53. The summed E-state index contributed by atoms with van der Waals surface area (Å²) in [7, 11) is 1.82. The molecule has 6 heteroatoms. The highest BCUT2D eigenvalue weighted by molar-refractivity contribution is 5.77. The molecule has 0 bridgehead atoms. The van der Waals surface area contributed by atoms with Crippen molar-refractivity contribution < 1.29 is 9.59 Å². The van der Waals surface area contributed by atoms with Crippen LogP contribution in [0.1, 0.15) is 19.8 Å². The largest absolute Gasteiger partial charge is 0.390 e. The summed E-state index contributed by atoms with van der Waals surface area (Å²) in [6.45, 7) is 5.19. The van der Waals surface area contributed by atoms with Crippen molar-refractivity contribution in [2.24, 2.45) is 0 Å². The Morgan fingerprint density at radius 3 is 2.53 bits per heavy atom. The summed E-state index contributed by atoms with van der Waals surface area (Å²) in [4.78, 5) is 24.7. The van der Waals surface area contributed by atoms with Crippen LogP contribution < -0.4 is 16.0 Å². The molecule has 0 unspecified atom stereocenters. The second-order valence-corrected chi connectivity index (χ2v) is 4.63. The van der Waals surface area contributed by atoms with Crippen molar-refractivity contribution in [3.63, 3.8) is 0 Å². The average Bonchev–Trinajstić information content (AvgIpc) is 2.42. The molecule has 3 N–H and O–H groups in total. The first kappa shape index (κ1) is 15.5. The molecule has 1 aliphatic heterocycles. The molecule has 0 radical (unpaired) electrons. The van der Waals surface area contributed by atoms with Gasteiger partial charge in [0.2, 0.25) is 5.91 Å². The number of hydrogen-bond acceptors (Lipinski definition) is 5. The predicted octanol–water partition coefficient (Wildman–Crippen LogP) is -0.562. The van der Waals surface area contributed by atoms with Gasteiger partial charge in [-0.2, -0.15) is 0 Å². The molecule has 0 aromatic carbocycles. The zero-order valence-electron chi connectivity index (χ0n) is 11.8. The summed E-state index contributed by atoms with van der Waals surface area (Å²) in [5.41, 5.74) is 0.935. The number of amides is 1. The molecule has 1 rings (SSSR count). The molecule has 1 aliphatic rings. The van der Waals surface area contributed by atoms with Crippen molar-refractivity contribution in [2.45, 2.75) is 19.8 Å². The van der Waals surface area contributed by atoms with Crippen LogP contribution in [0.15, 0.2) is 11.9 Å². The Kier molecular flexibility index (Phi) is 6.95. The molecule has 6 nitrogen and oxygen atoms in total. The first-order valence-electron chi connectivity index (χ1n) is 6.71. The van der Waals surface area contributed by atoms with Crippen molar-refractivity contribution in [1.82, 2.24) is 20.9 Å². The van der Waals surface area contributed by atoms with E-state index < -0.39 is 0 Å². The van der Waals surface area contributed by atoms with Gasteiger partial charge in [0.05, 0.1) is 6.54 Å². The second-order valence-electron chi connectivity index (χ2n) is 4.63. The number of rotatable bonds is 7. The van der Waals surface area contributed by atoms with Gasteiger partial charge in [0.25, 0.3) is 0 Å². The van der Waals surface area contributed by atoms with Crippen molar-refractivity contribution in [2.75, 3.05) is 39.8 Å². The minimum absolute atomic E-state index is 0.0867. The van der Waals surface area contributed by atoms with Crippen LogP contribution in [0.2, 0.25) is 0 Å². The number of ketones is 1. The molecule has 1 amide bonds. The van der Waals surface area contributed by atoms with Crippen molar-refractivity contribution in [3.8, 4) is 0 Å². The lowest BCUT2D eigenvalue weighted by Gasteiger charge is -2.27. The zero-order chi connectivity index (χ0) is 14.1. The number of nitrogens with one attached hydrogen (secondary N) is 3. The summed E-state index contributed by atoms with van der Waals surface area (Å²) in [5, 5.41) is 9.19. The molecule has 0 spiro atoms. The molecular formula is C13H24N4O2. The number of carbonyl (C=O) groups is 2. The van der Waals surface area contributed by atoms with Crippen LogP contribution in [0, 0.1) is 0 Å². The van der Waals surface area contributed by atoms with Crippen molar-refractivity contribution in [3.05, 3.63) is 11.9 Å². The molecule has 108 valence electrons. The molecule has 1 fully saturated rings. The molecular weight excluding hydrogens is 244 g/mol. The van der Waals surface area contributed by atoms with Gasteiger partial charge in [0.1, 0.15) is 5.78 Å². The Hall–Kier alpha value is -1.56. The maximum Gasteiger partial charge on any atom is 0.223 e. The van der Waals surface area contributed by atoms with Gasteiger partial charge < -0.3 is 20.9 Å². The lowest BCUT2D eigenvalue weighted by Crippen LogP contribution is -2.46. The Morgan fingerprint density at radius 1 is 1.26 bits per heavy atom. The van der Waals surface area contributed by atoms with Crippen LogP contribution >= 0.6 is 0 Å². The van der Waals surface area contributed by atoms with Gasteiger partial charge in [0.15, 0.2) is 0 Å². The fourth-order valence-electron chi connectivity index (χ4n) is 1.90. The van der Waals surface area contributed by atoms with E-state index in [1.807, 2.05) is 11.9 Å². The third kappa shape index (κ3) is 6.24. The van der Waals surface area contributed by atoms with E-state index in [1.54, 1.807) is 6.20 Å². The van der Waals surface area contributed by atoms with Gasteiger partial charge in [-0.3, -0.25) is 9.59 Å². The van der Waals surface area contributed by atoms with Crippen LogP contribution in [-0.2, 0) is 9.59 Å². The lowest BCUT2D eigenvalue weighted by molar-refractivity contribution is -0.131. The van der Waals surface area contributed by atoms with E-state index in [1.165, 1.54) is 6.92 Å². The Labute approximate surface area is 114 Å². The maximum absolute atomic E-state index is 12.0. The molecule has 19 heavy (non-hydrogen) atoms. The lowest BCUT2D eigenvalue weighted by atomic mass is 10.2. The maximum atomic E-state index is 12.0. The first-order valence-corrected chi connectivity index (χ1v) is 6.71. The normalized spacial score (nSPS) is 16.1. The number of Topliss-reactive ketones (excluding diaryl/α,β-unsaturated/α-hetero) is 1. The number of allylic oxidation sites excluding steroid dienone is 1. The molecule has 0 aliphatic carbocycles. The summed E-state index contributed by atoms with van der Waals surface area (Å²) in [6, 6.07) is 0. The number of carbonyl (C=O) groups excluding carboxylic acids is 2. The number of hydrogen-bond donors (Lipinski definition) is 3. The Morgan fingerprint density at radius 2 is 1.95 bits per heavy atom. The monoisotopic (exact) mass is 268 g/mol. The summed E-state index contributed by atoms with van der Waals surface area (Å²) in [6.07, 6.45) is 2.92. The van der Waals surface area contributed by atoms with E-state index in [-0.39, 0.29) is 11.7 Å². The van der Waals surface area contributed by atoms with Gasteiger partial charge in [-0.25, -0.2) is 0 Å². The van der Waals surface area contributed by atoms with E-state index in [4.69, 9.17) is 0 Å². The van der Waals surface area contributed by atoms with Gasteiger partial charge in [-0.1, -0.05) is 0 Å². The highest BCUT2D eigenvalue weighted by Crippen LogP contribution is 2.04. The van der Waals surface area contributed by atoms with E-state index in [9.17, 15) is 9.59 Å². The molecule has 1 heterocycles. The average molecular weight is 268 g/mol. The standard InChI is InChI=1S/C13H24N4O2/c1-11(18)9-16-10-12(14-2)3-4-13(19)17-7-5-15-6-8-17/h10,14-16H,3-9H2,1-2H3/b12-10-. The van der Waals surface area contributed by atoms with Crippen molar-refractivity contribution in [1.29, 1.82) is 0 Å². The van der Waals surface area contributed by atoms with Gasteiger partial charge >= 0.3 is 0 Å². The van der Waals surface area contributed by atoms with E-state index in [0.29, 0.717) is 19.4 Å². The first-order chi connectivity index (χ1) is 9.13. The van der Waals surface area contributed by atoms with E-state index in [0.717, 1.165) is 31.9 Å². The van der Waals surface area contributed by atoms with Crippen LogP contribution in [0.4, 0.5) is 0 Å². The smallest absolute Gasteiger partial charge is 0.223 e. The highest BCUT2D eigenvalue weighted by atomic mass is 16.2. The predicted molar refractivity (Wildman–Crippen MR) is 74.5 cm³/mol. The summed E-state index contributed by atoms with van der Waals surface area (Å²) < 4.78 is 0. The minimum Gasteiger partial charge on any atom is -0.390 e. The minimum atomic E-state index is 0.0867. The molecule has 0 atom stereocenters. The fraction of sp³-hybridized carbons (Fsp3) is 0.692. The topological polar surface area (TPSA) is 73.5 Å². The molecule has 1 saturated heterocycles. The highest BCUT2D eigenvalue weighted by Gasteiger charge is 2.15. The molecule has 0 saturated carbocycles. The van der Waals surface area contributed by atoms with E-state index >= 15 is 0 Å². The van der Waals surface area contributed by atoms with Crippen LogP contribution in [0.5, 0.6) is 0 Å². The number of piperazine rings is 1. The van der Waals surface area contributed by atoms with E-state index in [2.05, 4.69) is 16.0 Å². The molecule has 0 aromatic heterocycles. The summed E-state index contributed by atoms with van der Waals surface area (Å²) in [5.74, 6) is 0.276. The van der Waals surface area contributed by atoms with Crippen LogP contribution in [-0.4, -0.2) is 56.4 Å². The third-order valence-electron chi connectivity index (χ3n) is 3.03. The van der Waals surface area contributed by atoms with Gasteiger partial charge in [-0.05, 0) is 13.3 Å². The number of nitrogens with zero attached hydrogens (tertiary/aromatic N) is 1. The summed E-state index contributed by atoms with van der Waals surface area (Å²) >= 11 is 0. The third-order valence-corrected chi connectivity index (χ3v) is 3.03. The Bertz CT molecular complexity index is 336.